The van der Waals surface area contributed by atoms with Crippen molar-refractivity contribution in [2.75, 3.05) is 0 Å². The second-order valence-corrected chi connectivity index (χ2v) is 3.75. The Morgan fingerprint density at radius 2 is 1.62 bits per heavy atom. The molecule has 1 aromatic rings. The lowest BCUT2D eigenvalue weighted by Crippen LogP contribution is -2.01. The standard InChI is InChI=1S/C8H9FO3S/c1-6-3-7(2)5-8(4-6)12-13(9,10)11/h3-5H,1-2H3. The summed E-state index contributed by atoms with van der Waals surface area (Å²) in [7, 11) is -4.91. The molecule has 1 rings (SSSR count). The van der Waals surface area contributed by atoms with E-state index in [1.54, 1.807) is 13.8 Å². The molecule has 0 saturated carbocycles. The van der Waals surface area contributed by atoms with Crippen LogP contribution in [0.15, 0.2) is 18.2 Å². The van der Waals surface area contributed by atoms with Gasteiger partial charge in [-0.3, -0.25) is 0 Å². The zero-order chi connectivity index (χ0) is 10.1. The normalized spacial score (nSPS) is 11.3. The van der Waals surface area contributed by atoms with Crippen molar-refractivity contribution in [2.45, 2.75) is 13.8 Å². The number of rotatable bonds is 2. The van der Waals surface area contributed by atoms with Crippen molar-refractivity contribution in [1.29, 1.82) is 0 Å². The first-order valence-corrected chi connectivity index (χ1v) is 4.90. The van der Waals surface area contributed by atoms with Crippen LogP contribution in [0.1, 0.15) is 11.1 Å². The molecule has 13 heavy (non-hydrogen) atoms. The van der Waals surface area contributed by atoms with Crippen LogP contribution < -0.4 is 4.18 Å². The van der Waals surface area contributed by atoms with E-state index in [0.29, 0.717) is 0 Å². The minimum Gasteiger partial charge on any atom is -0.358 e. The molecule has 0 unspecified atom stereocenters. The van der Waals surface area contributed by atoms with Gasteiger partial charge < -0.3 is 4.18 Å². The van der Waals surface area contributed by atoms with Gasteiger partial charge in [-0.25, -0.2) is 0 Å². The molecule has 0 aliphatic carbocycles. The molecule has 0 radical (unpaired) electrons. The lowest BCUT2D eigenvalue weighted by Gasteiger charge is -2.02. The van der Waals surface area contributed by atoms with Crippen LogP contribution in [0.3, 0.4) is 0 Å². The van der Waals surface area contributed by atoms with Crippen molar-refractivity contribution in [1.82, 2.24) is 0 Å². The molecule has 0 atom stereocenters. The van der Waals surface area contributed by atoms with E-state index < -0.39 is 10.5 Å². The molecule has 0 fully saturated rings. The number of halogens is 1. The van der Waals surface area contributed by atoms with Crippen LogP contribution in [0.25, 0.3) is 0 Å². The molecule has 0 spiro atoms. The van der Waals surface area contributed by atoms with Crippen LogP contribution in [0.2, 0.25) is 0 Å². The van der Waals surface area contributed by atoms with Crippen LogP contribution in [-0.2, 0) is 10.5 Å². The van der Waals surface area contributed by atoms with Crippen molar-refractivity contribution < 1.29 is 16.5 Å². The average molecular weight is 204 g/mol. The summed E-state index contributed by atoms with van der Waals surface area (Å²) >= 11 is 0. The molecule has 5 heteroatoms. The van der Waals surface area contributed by atoms with E-state index in [9.17, 15) is 12.3 Å². The zero-order valence-corrected chi connectivity index (χ0v) is 8.06. The van der Waals surface area contributed by atoms with Gasteiger partial charge in [0.15, 0.2) is 0 Å². The third kappa shape index (κ3) is 3.42. The fourth-order valence-electron chi connectivity index (χ4n) is 1.10. The second kappa shape index (κ2) is 3.33. The number of benzene rings is 1. The minimum absolute atomic E-state index is 0.000000000000000444. The van der Waals surface area contributed by atoms with Gasteiger partial charge in [0.2, 0.25) is 0 Å². The highest BCUT2D eigenvalue weighted by atomic mass is 32.3. The van der Waals surface area contributed by atoms with E-state index in [1.807, 2.05) is 6.07 Å². The zero-order valence-electron chi connectivity index (χ0n) is 7.24. The van der Waals surface area contributed by atoms with Crippen molar-refractivity contribution in [3.63, 3.8) is 0 Å². The largest absolute Gasteiger partial charge is 0.488 e. The molecular formula is C8H9FO3S. The molecule has 0 aliphatic rings. The van der Waals surface area contributed by atoms with E-state index in [-0.39, 0.29) is 5.75 Å². The minimum atomic E-state index is -4.91. The summed E-state index contributed by atoms with van der Waals surface area (Å²) in [5.41, 5.74) is 1.64. The van der Waals surface area contributed by atoms with Gasteiger partial charge in [0, 0.05) is 0 Å². The first kappa shape index (κ1) is 9.98. The quantitative estimate of drug-likeness (QED) is 0.691. The highest BCUT2D eigenvalue weighted by Crippen LogP contribution is 2.18. The van der Waals surface area contributed by atoms with Crippen molar-refractivity contribution in [3.8, 4) is 5.75 Å². The summed E-state index contributed by atoms with van der Waals surface area (Å²) in [5.74, 6) is 0.000000000000000444. The average Bonchev–Trinajstić information content (AvgIpc) is 1.78. The molecule has 0 aliphatic heterocycles. The van der Waals surface area contributed by atoms with E-state index >= 15 is 0 Å². The van der Waals surface area contributed by atoms with Crippen molar-refractivity contribution >= 4 is 10.5 Å². The van der Waals surface area contributed by atoms with Crippen LogP contribution in [0, 0.1) is 13.8 Å². The molecular weight excluding hydrogens is 195 g/mol. The third-order valence-electron chi connectivity index (χ3n) is 1.39. The van der Waals surface area contributed by atoms with Crippen molar-refractivity contribution in [2.24, 2.45) is 0 Å². The molecule has 0 N–H and O–H groups in total. The fraction of sp³-hybridized carbons (Fsp3) is 0.250. The maximum Gasteiger partial charge on any atom is 0.488 e. The maximum atomic E-state index is 12.1. The van der Waals surface area contributed by atoms with Crippen LogP contribution in [-0.4, -0.2) is 8.42 Å². The predicted octanol–water partition coefficient (Wildman–Crippen LogP) is 1.90. The first-order valence-electron chi connectivity index (χ1n) is 3.59. The van der Waals surface area contributed by atoms with Gasteiger partial charge in [-0.05, 0) is 37.1 Å². The summed E-state index contributed by atoms with van der Waals surface area (Å²) < 4.78 is 36.4. The van der Waals surface area contributed by atoms with Gasteiger partial charge in [-0.1, -0.05) is 9.95 Å². The lowest BCUT2D eigenvalue weighted by molar-refractivity contribution is 0.440. The van der Waals surface area contributed by atoms with Gasteiger partial charge in [0.1, 0.15) is 5.75 Å². The Balaban J connectivity index is 3.03. The molecule has 0 saturated heterocycles. The number of aryl methyl sites for hydroxylation is 2. The molecule has 72 valence electrons. The molecule has 3 nitrogen and oxygen atoms in total. The molecule has 0 heterocycles. The number of hydrogen-bond donors (Lipinski definition) is 0. The summed E-state index contributed by atoms with van der Waals surface area (Å²) in [5, 5.41) is 0. The number of hydrogen-bond acceptors (Lipinski definition) is 3. The third-order valence-corrected chi connectivity index (χ3v) is 1.78. The van der Waals surface area contributed by atoms with Gasteiger partial charge in [0.05, 0.1) is 0 Å². The molecule has 0 amide bonds. The Bertz CT molecular complexity index is 391. The monoisotopic (exact) mass is 204 g/mol. The fourth-order valence-corrected chi connectivity index (χ4v) is 1.42. The summed E-state index contributed by atoms with van der Waals surface area (Å²) in [4.78, 5) is 0. The molecule has 1 aromatic carbocycles. The second-order valence-electron chi connectivity index (χ2n) is 2.80. The Morgan fingerprint density at radius 3 is 2.00 bits per heavy atom. The Morgan fingerprint density at radius 1 is 1.15 bits per heavy atom. The highest BCUT2D eigenvalue weighted by molar-refractivity contribution is 7.81. The first-order chi connectivity index (χ1) is 5.87. The van der Waals surface area contributed by atoms with Crippen molar-refractivity contribution in [3.05, 3.63) is 29.3 Å². The lowest BCUT2D eigenvalue weighted by atomic mass is 10.1. The van der Waals surface area contributed by atoms with E-state index in [4.69, 9.17) is 0 Å². The van der Waals surface area contributed by atoms with Gasteiger partial charge in [-0.15, -0.1) is 0 Å². The van der Waals surface area contributed by atoms with Crippen LogP contribution in [0.5, 0.6) is 5.75 Å². The van der Waals surface area contributed by atoms with Gasteiger partial charge in [0.25, 0.3) is 0 Å². The Labute approximate surface area is 76.6 Å². The summed E-state index contributed by atoms with van der Waals surface area (Å²) in [6, 6.07) is 4.73. The van der Waals surface area contributed by atoms with Crippen LogP contribution >= 0.6 is 0 Å². The SMILES string of the molecule is Cc1cc(C)cc(OS(=O)(=O)F)c1. The Kier molecular flexibility index (Phi) is 2.56. The Hall–Kier alpha value is -1.10. The smallest absolute Gasteiger partial charge is 0.358 e. The highest BCUT2D eigenvalue weighted by Gasteiger charge is 2.09. The molecule has 0 bridgehead atoms. The predicted molar refractivity (Wildman–Crippen MR) is 46.6 cm³/mol. The van der Waals surface area contributed by atoms with Gasteiger partial charge in [-0.2, -0.15) is 8.42 Å². The van der Waals surface area contributed by atoms with E-state index in [2.05, 4.69) is 4.18 Å². The maximum absolute atomic E-state index is 12.1. The van der Waals surface area contributed by atoms with Crippen LogP contribution in [0.4, 0.5) is 3.89 Å². The van der Waals surface area contributed by atoms with E-state index in [1.165, 1.54) is 12.1 Å². The molecule has 0 aromatic heterocycles. The topological polar surface area (TPSA) is 43.4 Å². The summed E-state index contributed by atoms with van der Waals surface area (Å²) in [6.07, 6.45) is 0. The van der Waals surface area contributed by atoms with E-state index in [0.717, 1.165) is 11.1 Å². The van der Waals surface area contributed by atoms with Gasteiger partial charge >= 0.3 is 10.5 Å². The summed E-state index contributed by atoms with van der Waals surface area (Å²) in [6.45, 7) is 3.54.